The van der Waals surface area contributed by atoms with Gasteiger partial charge >= 0.3 is 10.5 Å². The summed E-state index contributed by atoms with van der Waals surface area (Å²) < 4.78 is 55.7. The van der Waals surface area contributed by atoms with E-state index in [-0.39, 0.29) is 6.42 Å². The molecular weight excluding hydrogens is 332 g/mol. The Morgan fingerprint density at radius 2 is 1.91 bits per heavy atom. The Kier molecular flexibility index (Phi) is 8.68. The highest BCUT2D eigenvalue weighted by atomic mass is 32.2. The number of nitrogens with zero attached hydrogens (tertiary/aromatic N) is 1. The molecule has 1 rings (SSSR count). The number of benzene rings is 1. The normalized spacial score (nSPS) is 11.8. The molecule has 1 atom stereocenters. The second-order valence-corrected chi connectivity index (χ2v) is 7.01. The van der Waals surface area contributed by atoms with E-state index in [0.29, 0.717) is 5.69 Å². The summed E-state index contributed by atoms with van der Waals surface area (Å²) in [5, 5.41) is 0. The molecule has 0 aliphatic heterocycles. The lowest BCUT2D eigenvalue weighted by atomic mass is 10.3. The predicted molar refractivity (Wildman–Crippen MR) is 83.0 cm³/mol. The fraction of sp³-hybridized carbons (Fsp3) is 0.500. The summed E-state index contributed by atoms with van der Waals surface area (Å²) in [5.74, 6) is 0.299. The maximum atomic E-state index is 10.4. The van der Waals surface area contributed by atoms with Crippen LogP contribution in [0.1, 0.15) is 13.3 Å². The number of hydrogen-bond acceptors (Lipinski definition) is 6. The monoisotopic (exact) mass is 353 g/mol. The van der Waals surface area contributed by atoms with Crippen LogP contribution >= 0.6 is 0 Å². The van der Waals surface area contributed by atoms with E-state index in [2.05, 4.69) is 0 Å². The first-order chi connectivity index (χ1) is 10.1. The lowest BCUT2D eigenvalue weighted by Gasteiger charge is -2.01. The van der Waals surface area contributed by atoms with Crippen molar-refractivity contribution in [3.05, 3.63) is 24.3 Å². The van der Waals surface area contributed by atoms with Gasteiger partial charge < -0.3 is 10.5 Å². The summed E-state index contributed by atoms with van der Waals surface area (Å²) in [6, 6.07) is 6.95. The Labute approximate surface area is 132 Å². The van der Waals surface area contributed by atoms with Crippen LogP contribution in [0.15, 0.2) is 24.3 Å². The minimum atomic E-state index is -4.01. The quantitative estimate of drug-likeness (QED) is 0.451. The van der Waals surface area contributed by atoms with Crippen LogP contribution in [0.25, 0.3) is 0 Å². The lowest BCUT2D eigenvalue weighted by Crippen LogP contribution is -2.22. The Balaban J connectivity index is 0.000000425. The first kappa shape index (κ1) is 20.3. The van der Waals surface area contributed by atoms with E-state index in [9.17, 15) is 16.8 Å². The van der Waals surface area contributed by atoms with Gasteiger partial charge in [0.05, 0.1) is 18.6 Å². The third kappa shape index (κ3) is 8.60. The SMILES string of the molecule is CC(CCS(=O)(=O)O)[N+](C)=S(=O)=O.COc1ccccc1N. The summed E-state index contributed by atoms with van der Waals surface area (Å²) in [6.45, 7) is 1.56. The van der Waals surface area contributed by atoms with Crippen molar-refractivity contribution in [1.82, 2.24) is 0 Å². The minimum absolute atomic E-state index is 0.0727. The van der Waals surface area contributed by atoms with Crippen molar-refractivity contribution < 1.29 is 30.1 Å². The molecule has 0 aliphatic carbocycles. The van der Waals surface area contributed by atoms with E-state index < -0.39 is 32.4 Å². The van der Waals surface area contributed by atoms with Crippen molar-refractivity contribution in [1.29, 1.82) is 0 Å². The van der Waals surface area contributed by atoms with Gasteiger partial charge in [-0.25, -0.2) is 0 Å². The van der Waals surface area contributed by atoms with Crippen molar-refractivity contribution in [3.63, 3.8) is 0 Å². The Bertz CT molecular complexity index is 705. The van der Waals surface area contributed by atoms with E-state index in [0.717, 1.165) is 9.70 Å². The van der Waals surface area contributed by atoms with Gasteiger partial charge in [0.25, 0.3) is 10.1 Å². The molecule has 0 bridgehead atoms. The summed E-state index contributed by atoms with van der Waals surface area (Å²) in [4.78, 5) is 0. The Morgan fingerprint density at radius 3 is 2.27 bits per heavy atom. The van der Waals surface area contributed by atoms with E-state index in [4.69, 9.17) is 15.0 Å². The number of nitrogen functional groups attached to an aromatic ring is 1. The summed E-state index contributed by atoms with van der Waals surface area (Å²) in [6.07, 6.45) is 0.0727. The third-order valence-electron chi connectivity index (χ3n) is 2.79. The molecule has 10 heteroatoms. The van der Waals surface area contributed by atoms with Gasteiger partial charge in [0.2, 0.25) is 0 Å². The smallest absolute Gasteiger partial charge is 0.458 e. The van der Waals surface area contributed by atoms with Gasteiger partial charge in [0, 0.05) is 6.42 Å². The first-order valence-electron chi connectivity index (χ1n) is 6.24. The molecule has 0 spiro atoms. The van der Waals surface area contributed by atoms with E-state index in [1.807, 2.05) is 18.2 Å². The summed E-state index contributed by atoms with van der Waals surface area (Å²) >= 11 is 0. The topological polar surface area (TPSA) is 127 Å². The van der Waals surface area contributed by atoms with Crippen LogP contribution < -0.4 is 10.5 Å². The molecule has 0 saturated heterocycles. The number of rotatable bonds is 5. The Hall–Kier alpha value is -1.65. The van der Waals surface area contributed by atoms with E-state index in [1.165, 1.54) is 7.05 Å². The minimum Gasteiger partial charge on any atom is -0.495 e. The van der Waals surface area contributed by atoms with Gasteiger partial charge in [-0.2, -0.15) is 8.42 Å². The predicted octanol–water partition coefficient (Wildman–Crippen LogP) is 0.635. The molecule has 0 heterocycles. The molecule has 0 saturated carbocycles. The average molecular weight is 353 g/mol. The van der Waals surface area contributed by atoms with Gasteiger partial charge in [-0.05, 0) is 19.1 Å². The Morgan fingerprint density at radius 1 is 1.36 bits per heavy atom. The fourth-order valence-corrected chi connectivity index (χ4v) is 2.35. The van der Waals surface area contributed by atoms with Gasteiger partial charge in [-0.1, -0.05) is 12.1 Å². The van der Waals surface area contributed by atoms with Crippen LogP contribution in [0.3, 0.4) is 0 Å². The van der Waals surface area contributed by atoms with Crippen molar-refractivity contribution in [2.45, 2.75) is 19.4 Å². The molecular formula is C12H21N2O6S2+. The van der Waals surface area contributed by atoms with Crippen molar-refractivity contribution >= 4 is 26.3 Å². The van der Waals surface area contributed by atoms with Crippen LogP contribution in [0.2, 0.25) is 0 Å². The average Bonchev–Trinajstić information content (AvgIpc) is 2.44. The van der Waals surface area contributed by atoms with E-state index >= 15 is 0 Å². The van der Waals surface area contributed by atoms with Gasteiger partial charge in [-0.3, -0.25) is 4.55 Å². The summed E-state index contributed by atoms with van der Waals surface area (Å²) in [5.41, 5.74) is 6.19. The van der Waals surface area contributed by atoms with Crippen molar-refractivity contribution in [2.75, 3.05) is 25.6 Å². The van der Waals surface area contributed by atoms with Crippen LogP contribution in [0.5, 0.6) is 5.75 Å². The molecule has 0 fully saturated rings. The second-order valence-electron chi connectivity index (χ2n) is 4.43. The fourth-order valence-electron chi connectivity index (χ4n) is 1.31. The van der Waals surface area contributed by atoms with Crippen molar-refractivity contribution in [3.8, 4) is 5.75 Å². The van der Waals surface area contributed by atoms with Crippen LogP contribution in [0, 0.1) is 0 Å². The van der Waals surface area contributed by atoms with Crippen LogP contribution in [0.4, 0.5) is 5.69 Å². The molecule has 22 heavy (non-hydrogen) atoms. The molecule has 1 unspecified atom stereocenters. The molecule has 3 N–H and O–H groups in total. The zero-order valence-electron chi connectivity index (χ0n) is 12.6. The van der Waals surface area contributed by atoms with Gasteiger partial charge in [0.15, 0.2) is 13.1 Å². The number of ether oxygens (including phenoxy) is 1. The molecule has 0 radical (unpaired) electrons. The zero-order chi connectivity index (χ0) is 17.3. The van der Waals surface area contributed by atoms with Crippen LogP contribution in [-0.4, -0.2) is 51.3 Å². The van der Waals surface area contributed by atoms with Crippen molar-refractivity contribution in [2.24, 2.45) is 0 Å². The summed E-state index contributed by atoms with van der Waals surface area (Å²) in [7, 11) is -3.43. The molecule has 0 aliphatic rings. The highest BCUT2D eigenvalue weighted by Gasteiger charge is 2.16. The maximum absolute atomic E-state index is 10.4. The number of hydrogen-bond donors (Lipinski definition) is 2. The number of nitrogens with two attached hydrogens (primary N) is 1. The molecule has 126 valence electrons. The third-order valence-corrected chi connectivity index (χ3v) is 4.37. The second kappa shape index (κ2) is 9.38. The molecule has 1 aromatic rings. The standard InChI is InChI=1S/C7H9NO.C5H11NO5S2/c1-9-7-5-3-2-4-6(7)8;1-5(6(2)12(7)8)3-4-13(9,10)11/h2-5H,8H2,1H3;5H,3-4H2,1-2H3/p+1. The molecule has 8 nitrogen and oxygen atoms in total. The largest absolute Gasteiger partial charge is 0.495 e. The van der Waals surface area contributed by atoms with Gasteiger partial charge in [0.1, 0.15) is 5.75 Å². The number of para-hydroxylation sites is 2. The van der Waals surface area contributed by atoms with Gasteiger partial charge in [-0.15, -0.1) is 12.4 Å². The van der Waals surface area contributed by atoms with Crippen LogP contribution in [-0.2, 0) is 20.6 Å². The first-order valence-corrected chi connectivity index (χ1v) is 8.88. The molecule has 0 amide bonds. The lowest BCUT2D eigenvalue weighted by molar-refractivity contribution is -0.510. The zero-order valence-corrected chi connectivity index (χ0v) is 14.3. The molecule has 0 aromatic heterocycles. The molecule has 1 aromatic carbocycles. The maximum Gasteiger partial charge on any atom is 0.458 e. The highest BCUT2D eigenvalue weighted by molar-refractivity contribution is 7.85. The highest BCUT2D eigenvalue weighted by Crippen LogP contribution is 2.18. The number of methoxy groups -OCH3 is 1. The van der Waals surface area contributed by atoms with E-state index in [1.54, 1.807) is 20.1 Å². The number of anilines is 1.